The van der Waals surface area contributed by atoms with Gasteiger partial charge in [0.1, 0.15) is 11.5 Å². The lowest BCUT2D eigenvalue weighted by atomic mass is 10.1. The highest BCUT2D eigenvalue weighted by molar-refractivity contribution is 5.81. The second kappa shape index (κ2) is 8.24. The van der Waals surface area contributed by atoms with Gasteiger partial charge in [-0.3, -0.25) is 4.79 Å². The van der Waals surface area contributed by atoms with Crippen molar-refractivity contribution >= 4 is 11.6 Å². The second-order valence-corrected chi connectivity index (χ2v) is 5.59. The molecular weight excluding hydrogens is 304 g/mol. The maximum absolute atomic E-state index is 12.3. The number of hydrogen-bond acceptors (Lipinski definition) is 4. The monoisotopic (exact) mass is 328 g/mol. The Morgan fingerprint density at radius 2 is 1.83 bits per heavy atom. The number of anilines is 1. The van der Waals surface area contributed by atoms with Gasteiger partial charge >= 0.3 is 0 Å². The number of para-hydroxylation sites is 1. The van der Waals surface area contributed by atoms with Crippen molar-refractivity contribution in [3.8, 4) is 11.5 Å². The van der Waals surface area contributed by atoms with Gasteiger partial charge in [0.15, 0.2) is 0 Å². The number of amides is 1. The van der Waals surface area contributed by atoms with Crippen molar-refractivity contribution in [2.75, 3.05) is 32.7 Å². The van der Waals surface area contributed by atoms with Crippen LogP contribution in [0.1, 0.15) is 18.5 Å². The molecule has 128 valence electrons. The van der Waals surface area contributed by atoms with Gasteiger partial charge in [0, 0.05) is 18.3 Å². The molecule has 5 nitrogen and oxygen atoms in total. The van der Waals surface area contributed by atoms with Gasteiger partial charge in [-0.15, -0.1) is 0 Å². The molecule has 2 aromatic carbocycles. The van der Waals surface area contributed by atoms with Gasteiger partial charge in [0.05, 0.1) is 26.8 Å². The third-order valence-electron chi connectivity index (χ3n) is 3.86. The van der Waals surface area contributed by atoms with Crippen LogP contribution in [-0.4, -0.2) is 33.7 Å². The summed E-state index contributed by atoms with van der Waals surface area (Å²) in [6.45, 7) is 2.21. The standard InChI is InChI=1S/C19H24N2O3/c1-14(17-12-16(23-3)10-11-18(17)24-4)20-19(22)13-21(2)15-8-6-5-7-9-15/h5-12,14H,13H2,1-4H3,(H,20,22). The quantitative estimate of drug-likeness (QED) is 0.849. The lowest BCUT2D eigenvalue weighted by Crippen LogP contribution is -2.36. The number of carbonyl (C=O) groups excluding carboxylic acids is 1. The van der Waals surface area contributed by atoms with Crippen LogP contribution in [0.2, 0.25) is 0 Å². The molecule has 1 unspecified atom stereocenters. The first kappa shape index (κ1) is 17.7. The van der Waals surface area contributed by atoms with Crippen LogP contribution in [0.4, 0.5) is 5.69 Å². The highest BCUT2D eigenvalue weighted by atomic mass is 16.5. The summed E-state index contributed by atoms with van der Waals surface area (Å²) in [4.78, 5) is 14.2. The Labute approximate surface area is 143 Å². The van der Waals surface area contributed by atoms with E-state index in [2.05, 4.69) is 5.32 Å². The minimum atomic E-state index is -0.188. The van der Waals surface area contributed by atoms with Gasteiger partial charge in [-0.05, 0) is 37.3 Å². The first-order valence-corrected chi connectivity index (χ1v) is 7.82. The van der Waals surface area contributed by atoms with Crippen LogP contribution < -0.4 is 19.7 Å². The molecule has 0 radical (unpaired) electrons. The fourth-order valence-corrected chi connectivity index (χ4v) is 2.53. The first-order valence-electron chi connectivity index (χ1n) is 7.82. The molecule has 0 fully saturated rings. The van der Waals surface area contributed by atoms with Crippen molar-refractivity contribution in [3.63, 3.8) is 0 Å². The molecule has 0 aliphatic carbocycles. The molecule has 0 saturated heterocycles. The van der Waals surface area contributed by atoms with Gasteiger partial charge in [-0.25, -0.2) is 0 Å². The molecule has 0 aliphatic rings. The number of nitrogens with zero attached hydrogens (tertiary/aromatic N) is 1. The number of likely N-dealkylation sites (N-methyl/N-ethyl adjacent to an activating group) is 1. The summed E-state index contributed by atoms with van der Waals surface area (Å²) in [5.74, 6) is 1.40. The van der Waals surface area contributed by atoms with Crippen molar-refractivity contribution in [1.82, 2.24) is 5.32 Å². The minimum absolute atomic E-state index is 0.0567. The number of methoxy groups -OCH3 is 2. The van der Waals surface area contributed by atoms with E-state index in [9.17, 15) is 4.79 Å². The van der Waals surface area contributed by atoms with Gasteiger partial charge in [-0.2, -0.15) is 0 Å². The number of rotatable bonds is 7. The molecule has 0 bridgehead atoms. The molecule has 1 atom stereocenters. The smallest absolute Gasteiger partial charge is 0.239 e. The van der Waals surface area contributed by atoms with E-state index in [1.165, 1.54) is 0 Å². The summed E-state index contributed by atoms with van der Waals surface area (Å²) in [5.41, 5.74) is 1.88. The van der Waals surface area contributed by atoms with E-state index in [4.69, 9.17) is 9.47 Å². The zero-order valence-electron chi connectivity index (χ0n) is 14.6. The van der Waals surface area contributed by atoms with Gasteiger partial charge in [0.25, 0.3) is 0 Å². The van der Waals surface area contributed by atoms with E-state index >= 15 is 0 Å². The van der Waals surface area contributed by atoms with E-state index in [0.29, 0.717) is 0 Å². The predicted molar refractivity (Wildman–Crippen MR) is 95.8 cm³/mol. The summed E-state index contributed by atoms with van der Waals surface area (Å²) < 4.78 is 10.6. The van der Waals surface area contributed by atoms with E-state index in [1.54, 1.807) is 14.2 Å². The zero-order valence-corrected chi connectivity index (χ0v) is 14.6. The van der Waals surface area contributed by atoms with E-state index in [0.717, 1.165) is 22.7 Å². The van der Waals surface area contributed by atoms with Crippen LogP contribution in [0.25, 0.3) is 0 Å². The molecular formula is C19H24N2O3. The summed E-state index contributed by atoms with van der Waals surface area (Å²) in [7, 11) is 5.12. The summed E-state index contributed by atoms with van der Waals surface area (Å²) in [6, 6.07) is 15.2. The molecule has 0 spiro atoms. The van der Waals surface area contributed by atoms with E-state index in [-0.39, 0.29) is 18.5 Å². The average molecular weight is 328 g/mol. The van der Waals surface area contributed by atoms with Crippen LogP contribution in [0.5, 0.6) is 11.5 Å². The molecule has 0 aromatic heterocycles. The molecule has 0 aliphatic heterocycles. The Balaban J connectivity index is 2.03. The normalized spacial score (nSPS) is 11.5. The molecule has 1 amide bonds. The number of nitrogens with one attached hydrogen (secondary N) is 1. The van der Waals surface area contributed by atoms with Crippen molar-refractivity contribution in [2.45, 2.75) is 13.0 Å². The lowest BCUT2D eigenvalue weighted by Gasteiger charge is -2.22. The zero-order chi connectivity index (χ0) is 17.5. The Bertz CT molecular complexity index is 674. The Morgan fingerprint density at radius 3 is 2.46 bits per heavy atom. The number of hydrogen-bond donors (Lipinski definition) is 1. The topological polar surface area (TPSA) is 50.8 Å². The summed E-state index contributed by atoms with van der Waals surface area (Å²) in [6.07, 6.45) is 0. The molecule has 2 aromatic rings. The third kappa shape index (κ3) is 4.41. The Kier molecular flexibility index (Phi) is 6.07. The molecule has 2 rings (SSSR count). The first-order chi connectivity index (χ1) is 11.5. The van der Waals surface area contributed by atoms with Crippen LogP contribution in [0, 0.1) is 0 Å². The van der Waals surface area contributed by atoms with Crippen molar-refractivity contribution in [2.24, 2.45) is 0 Å². The lowest BCUT2D eigenvalue weighted by molar-refractivity contribution is -0.120. The average Bonchev–Trinajstić information content (AvgIpc) is 2.61. The number of carbonyl (C=O) groups is 1. The SMILES string of the molecule is COc1ccc(OC)c(C(C)NC(=O)CN(C)c2ccccc2)c1. The van der Waals surface area contributed by atoms with Crippen molar-refractivity contribution in [3.05, 3.63) is 54.1 Å². The Hall–Kier alpha value is -2.69. The fraction of sp³-hybridized carbons (Fsp3) is 0.316. The Morgan fingerprint density at radius 1 is 1.12 bits per heavy atom. The maximum Gasteiger partial charge on any atom is 0.239 e. The van der Waals surface area contributed by atoms with Gasteiger partial charge in [-0.1, -0.05) is 18.2 Å². The molecule has 1 N–H and O–H groups in total. The fourth-order valence-electron chi connectivity index (χ4n) is 2.53. The van der Waals surface area contributed by atoms with Gasteiger partial charge < -0.3 is 19.7 Å². The summed E-state index contributed by atoms with van der Waals surface area (Å²) in [5, 5.41) is 3.01. The maximum atomic E-state index is 12.3. The molecule has 24 heavy (non-hydrogen) atoms. The molecule has 0 heterocycles. The minimum Gasteiger partial charge on any atom is -0.497 e. The highest BCUT2D eigenvalue weighted by Crippen LogP contribution is 2.29. The van der Waals surface area contributed by atoms with Crippen LogP contribution in [-0.2, 0) is 4.79 Å². The molecule has 5 heteroatoms. The highest BCUT2D eigenvalue weighted by Gasteiger charge is 2.16. The van der Waals surface area contributed by atoms with Crippen LogP contribution in [0.15, 0.2) is 48.5 Å². The predicted octanol–water partition coefficient (Wildman–Crippen LogP) is 3.02. The second-order valence-electron chi connectivity index (χ2n) is 5.59. The van der Waals surface area contributed by atoms with E-state index in [1.807, 2.05) is 67.4 Å². The van der Waals surface area contributed by atoms with Crippen LogP contribution in [0.3, 0.4) is 0 Å². The third-order valence-corrected chi connectivity index (χ3v) is 3.86. The van der Waals surface area contributed by atoms with Gasteiger partial charge in [0.2, 0.25) is 5.91 Å². The van der Waals surface area contributed by atoms with Crippen LogP contribution >= 0.6 is 0 Å². The number of ether oxygens (including phenoxy) is 2. The molecule has 0 saturated carbocycles. The van der Waals surface area contributed by atoms with Crippen molar-refractivity contribution in [1.29, 1.82) is 0 Å². The largest absolute Gasteiger partial charge is 0.497 e. The number of benzene rings is 2. The van der Waals surface area contributed by atoms with Crippen molar-refractivity contribution < 1.29 is 14.3 Å². The summed E-state index contributed by atoms with van der Waals surface area (Å²) >= 11 is 0. The van der Waals surface area contributed by atoms with E-state index < -0.39 is 0 Å².